The van der Waals surface area contributed by atoms with E-state index in [1.807, 2.05) is 6.07 Å². The maximum absolute atomic E-state index is 12.7. The van der Waals surface area contributed by atoms with Crippen molar-refractivity contribution in [3.63, 3.8) is 0 Å². The molecule has 2 aromatic rings. The molecule has 0 fully saturated rings. The van der Waals surface area contributed by atoms with Crippen molar-refractivity contribution < 1.29 is 19.2 Å². The van der Waals surface area contributed by atoms with Crippen LogP contribution in [0, 0.1) is 0 Å². The van der Waals surface area contributed by atoms with Gasteiger partial charge in [-0.05, 0) is 17.7 Å². The average molecular weight is 364 g/mol. The fraction of sp³-hybridized carbons (Fsp3) is 0.105. The molecule has 0 bridgehead atoms. The molecule has 2 aromatic carbocycles. The second-order valence-electron chi connectivity index (χ2n) is 5.93. The van der Waals surface area contributed by atoms with Crippen molar-refractivity contribution >= 4 is 35.5 Å². The van der Waals surface area contributed by atoms with Crippen LogP contribution in [0.2, 0.25) is 0 Å². The monoisotopic (exact) mass is 364 g/mol. The number of carbonyl (C=O) groups is 4. The average Bonchev–Trinajstić information content (AvgIpc) is 3.02. The molecule has 8 heteroatoms. The van der Waals surface area contributed by atoms with E-state index in [4.69, 9.17) is 5.73 Å². The molecule has 1 aliphatic heterocycles. The number of carbonyl (C=O) groups excluding carboxylic acids is 4. The van der Waals surface area contributed by atoms with E-state index >= 15 is 0 Å². The molecule has 27 heavy (non-hydrogen) atoms. The van der Waals surface area contributed by atoms with Crippen molar-refractivity contribution in [1.82, 2.24) is 5.32 Å². The van der Waals surface area contributed by atoms with Crippen LogP contribution < -0.4 is 16.4 Å². The molecule has 0 aliphatic carbocycles. The first-order chi connectivity index (χ1) is 12.9. The van der Waals surface area contributed by atoms with E-state index < -0.39 is 23.8 Å². The number of nitrogens with zero attached hydrogens (tertiary/aromatic N) is 1. The van der Waals surface area contributed by atoms with Crippen molar-refractivity contribution in [3.05, 3.63) is 65.2 Å². The fourth-order valence-corrected chi connectivity index (χ4v) is 2.65. The summed E-state index contributed by atoms with van der Waals surface area (Å²) in [7, 11) is 0. The Morgan fingerprint density at radius 1 is 1.07 bits per heavy atom. The first kappa shape index (κ1) is 18.0. The van der Waals surface area contributed by atoms with E-state index in [9.17, 15) is 19.2 Å². The number of amides is 4. The summed E-state index contributed by atoms with van der Waals surface area (Å²) in [5.41, 5.74) is 7.19. The minimum absolute atomic E-state index is 0.165. The van der Waals surface area contributed by atoms with Crippen molar-refractivity contribution in [2.24, 2.45) is 10.7 Å². The van der Waals surface area contributed by atoms with E-state index in [1.165, 1.54) is 12.3 Å². The van der Waals surface area contributed by atoms with Crippen molar-refractivity contribution in [1.29, 1.82) is 0 Å². The van der Waals surface area contributed by atoms with Crippen LogP contribution in [0.3, 0.4) is 0 Å². The molecule has 1 unspecified atom stereocenters. The maximum atomic E-state index is 12.7. The van der Waals surface area contributed by atoms with Gasteiger partial charge in [0.25, 0.3) is 5.91 Å². The zero-order chi connectivity index (χ0) is 19.4. The van der Waals surface area contributed by atoms with Gasteiger partial charge < -0.3 is 16.4 Å². The molecule has 0 saturated carbocycles. The van der Waals surface area contributed by atoms with Crippen LogP contribution in [0.1, 0.15) is 21.5 Å². The molecule has 3 rings (SSSR count). The standard InChI is InChI=1S/C19H16N4O4/c20-16(24)19(27)23-15(8-11-4-2-1-3-5-11)18(26)22-13-7-6-12-10-21-17(25)14(12)9-13/h1-7,9-10,15H,8H2,(H2,20,24)(H,22,26)(H,23,27). The quantitative estimate of drug-likeness (QED) is 0.663. The number of nitrogens with one attached hydrogen (secondary N) is 2. The number of anilines is 1. The molecular weight excluding hydrogens is 348 g/mol. The lowest BCUT2D eigenvalue weighted by Gasteiger charge is -2.18. The highest BCUT2D eigenvalue weighted by Crippen LogP contribution is 2.20. The molecule has 0 spiro atoms. The Hall–Kier alpha value is -3.81. The van der Waals surface area contributed by atoms with Gasteiger partial charge in [-0.2, -0.15) is 0 Å². The molecule has 0 saturated heterocycles. The number of nitrogens with two attached hydrogens (primary N) is 1. The molecule has 136 valence electrons. The maximum Gasteiger partial charge on any atom is 0.309 e. The zero-order valence-electron chi connectivity index (χ0n) is 14.1. The topological polar surface area (TPSA) is 131 Å². The van der Waals surface area contributed by atoms with Gasteiger partial charge >= 0.3 is 11.8 Å². The SMILES string of the molecule is NC(=O)C(=O)NC(Cc1ccccc1)C(=O)Nc1ccc2c(c1)C(=O)N=C2. The molecule has 8 nitrogen and oxygen atoms in total. The van der Waals surface area contributed by atoms with Crippen LogP contribution in [0.25, 0.3) is 0 Å². The third-order valence-corrected chi connectivity index (χ3v) is 4.00. The first-order valence-electron chi connectivity index (χ1n) is 8.11. The zero-order valence-corrected chi connectivity index (χ0v) is 14.1. The molecule has 0 aromatic heterocycles. The summed E-state index contributed by atoms with van der Waals surface area (Å²) in [5, 5.41) is 4.97. The highest BCUT2D eigenvalue weighted by atomic mass is 16.2. The van der Waals surface area contributed by atoms with Gasteiger partial charge in [0.05, 0.1) is 5.56 Å². The van der Waals surface area contributed by atoms with Gasteiger partial charge in [-0.25, -0.2) is 4.99 Å². The lowest BCUT2D eigenvalue weighted by atomic mass is 10.0. The van der Waals surface area contributed by atoms with E-state index in [1.54, 1.807) is 36.4 Å². The summed E-state index contributed by atoms with van der Waals surface area (Å²) in [5.74, 6) is -3.16. The minimum Gasteiger partial charge on any atom is -0.361 e. The molecule has 1 heterocycles. The van der Waals surface area contributed by atoms with E-state index in [0.717, 1.165) is 5.56 Å². The Morgan fingerprint density at radius 3 is 2.52 bits per heavy atom. The number of primary amides is 1. The van der Waals surface area contributed by atoms with Crippen molar-refractivity contribution in [3.8, 4) is 0 Å². The number of hydrogen-bond acceptors (Lipinski definition) is 4. The summed E-state index contributed by atoms with van der Waals surface area (Å²) < 4.78 is 0. The number of aliphatic imine (C=N–C) groups is 1. The van der Waals surface area contributed by atoms with Gasteiger partial charge in [-0.15, -0.1) is 0 Å². The van der Waals surface area contributed by atoms with Gasteiger partial charge in [0, 0.05) is 23.9 Å². The minimum atomic E-state index is -1.18. The lowest BCUT2D eigenvalue weighted by Crippen LogP contribution is -2.49. The Balaban J connectivity index is 1.78. The van der Waals surface area contributed by atoms with Gasteiger partial charge in [-0.3, -0.25) is 19.2 Å². The Morgan fingerprint density at radius 2 is 1.81 bits per heavy atom. The van der Waals surface area contributed by atoms with Crippen LogP contribution in [0.15, 0.2) is 53.5 Å². The van der Waals surface area contributed by atoms with Gasteiger partial charge in [0.1, 0.15) is 6.04 Å². The molecular formula is C19H16N4O4. The molecule has 0 radical (unpaired) electrons. The second-order valence-corrected chi connectivity index (χ2v) is 5.93. The van der Waals surface area contributed by atoms with E-state index in [0.29, 0.717) is 16.8 Å². The first-order valence-corrected chi connectivity index (χ1v) is 8.11. The molecule has 4 amide bonds. The summed E-state index contributed by atoms with van der Waals surface area (Å²) in [6.07, 6.45) is 1.62. The van der Waals surface area contributed by atoms with E-state index in [2.05, 4.69) is 15.6 Å². The number of hydrogen-bond donors (Lipinski definition) is 3. The summed E-state index contributed by atoms with van der Waals surface area (Å²) in [4.78, 5) is 50.8. The predicted molar refractivity (Wildman–Crippen MR) is 98.3 cm³/mol. The van der Waals surface area contributed by atoms with Gasteiger partial charge in [0.2, 0.25) is 5.91 Å². The predicted octanol–water partition coefficient (Wildman–Crippen LogP) is 0.411. The number of benzene rings is 2. The fourth-order valence-electron chi connectivity index (χ4n) is 2.65. The van der Waals surface area contributed by atoms with E-state index in [-0.39, 0.29) is 12.3 Å². The Kier molecular flexibility index (Phi) is 5.07. The molecule has 4 N–H and O–H groups in total. The van der Waals surface area contributed by atoms with Crippen LogP contribution in [-0.4, -0.2) is 35.9 Å². The van der Waals surface area contributed by atoms with Crippen molar-refractivity contribution in [2.75, 3.05) is 5.32 Å². The van der Waals surface area contributed by atoms with Crippen LogP contribution >= 0.6 is 0 Å². The largest absolute Gasteiger partial charge is 0.361 e. The van der Waals surface area contributed by atoms with Crippen LogP contribution in [-0.2, 0) is 20.8 Å². The summed E-state index contributed by atoms with van der Waals surface area (Å²) in [6, 6.07) is 12.8. The summed E-state index contributed by atoms with van der Waals surface area (Å²) >= 11 is 0. The lowest BCUT2D eigenvalue weighted by molar-refractivity contribution is -0.138. The normalized spacial score (nSPS) is 13.0. The van der Waals surface area contributed by atoms with Gasteiger partial charge in [0.15, 0.2) is 0 Å². The van der Waals surface area contributed by atoms with Crippen LogP contribution in [0.5, 0.6) is 0 Å². The van der Waals surface area contributed by atoms with Crippen LogP contribution in [0.4, 0.5) is 5.69 Å². The highest BCUT2D eigenvalue weighted by molar-refractivity contribution is 6.35. The molecule has 1 aliphatic rings. The number of rotatable bonds is 5. The third kappa shape index (κ3) is 4.24. The highest BCUT2D eigenvalue weighted by Gasteiger charge is 2.24. The summed E-state index contributed by atoms with van der Waals surface area (Å²) in [6.45, 7) is 0. The Labute approximate surface area is 154 Å². The molecule has 1 atom stereocenters. The van der Waals surface area contributed by atoms with Gasteiger partial charge in [-0.1, -0.05) is 36.4 Å². The van der Waals surface area contributed by atoms with Crippen molar-refractivity contribution in [2.45, 2.75) is 12.5 Å². The third-order valence-electron chi connectivity index (χ3n) is 4.00. The Bertz CT molecular complexity index is 953. The number of fused-ring (bicyclic) bond motifs is 1. The second kappa shape index (κ2) is 7.61. The smallest absolute Gasteiger partial charge is 0.309 e.